The van der Waals surface area contributed by atoms with Gasteiger partial charge in [-0.1, -0.05) is 40.0 Å². The van der Waals surface area contributed by atoms with Gasteiger partial charge in [0.25, 0.3) is 6.17 Å². The first-order valence-corrected chi connectivity index (χ1v) is 18.3. The van der Waals surface area contributed by atoms with Crippen molar-refractivity contribution < 1.29 is 52.6 Å². The summed E-state index contributed by atoms with van der Waals surface area (Å²) in [5.74, 6) is 1.14. The Bertz CT molecular complexity index is 1350. The molecule has 0 aliphatic carbocycles. The van der Waals surface area contributed by atoms with Crippen molar-refractivity contribution in [3.05, 3.63) is 72.8 Å². The zero-order valence-corrected chi connectivity index (χ0v) is 28.0. The summed E-state index contributed by atoms with van der Waals surface area (Å²) in [6.45, 7) is 7.04. The summed E-state index contributed by atoms with van der Waals surface area (Å²) in [6.07, 6.45) is -6.43. The van der Waals surface area contributed by atoms with Crippen LogP contribution in [0.4, 0.5) is 26.3 Å². The molecular formula is C33H40F6O6S2. The first-order valence-electron chi connectivity index (χ1n) is 15.3. The van der Waals surface area contributed by atoms with Crippen molar-refractivity contribution in [2.45, 2.75) is 91.6 Å². The van der Waals surface area contributed by atoms with Crippen LogP contribution in [0.3, 0.4) is 0 Å². The number of hydrogen-bond acceptors (Lipinski definition) is 6. The lowest BCUT2D eigenvalue weighted by atomic mass is 10.3. The summed E-state index contributed by atoms with van der Waals surface area (Å²) in [7, 11) is -10.5. The molecule has 3 aromatic carbocycles. The van der Waals surface area contributed by atoms with Crippen LogP contribution < -0.4 is 14.2 Å². The molecule has 0 saturated heterocycles. The summed E-state index contributed by atoms with van der Waals surface area (Å²) in [5.41, 5.74) is 0. The Morgan fingerprint density at radius 3 is 1.13 bits per heavy atom. The fraction of sp³-hybridized carbons (Fsp3) is 0.455. The maximum absolute atomic E-state index is 15.0. The van der Waals surface area contributed by atoms with E-state index in [0.717, 1.165) is 38.5 Å². The van der Waals surface area contributed by atoms with Gasteiger partial charge in [-0.25, -0.2) is 8.02 Å². The second kappa shape index (κ2) is 16.8. The standard InChI is InChI=1S/C33H40F6O6S2/c1-4-7-22-42-25-10-16-28(17-11-25)46(29-18-12-26(13-19-29)43-23-8-5-2,30-20-14-27(15-21-30)44-24-9-6-3)45-47(40,41)33(38,39)31(34)32(35,36)37/h10-21,31H,4-9,22-24H2,1-3H3. The molecule has 0 radical (unpaired) electrons. The highest BCUT2D eigenvalue weighted by atomic mass is 32.3. The van der Waals surface area contributed by atoms with Gasteiger partial charge < -0.3 is 14.2 Å². The lowest BCUT2D eigenvalue weighted by molar-refractivity contribution is -0.222. The molecular weight excluding hydrogens is 670 g/mol. The van der Waals surface area contributed by atoms with E-state index in [1.165, 1.54) is 72.8 Å². The van der Waals surface area contributed by atoms with E-state index in [1.54, 1.807) is 0 Å². The number of hydrogen-bond donors (Lipinski definition) is 0. The quantitative estimate of drug-likeness (QED) is 0.0911. The second-order valence-corrected chi connectivity index (χ2v) is 15.1. The Balaban J connectivity index is 2.27. The molecule has 3 rings (SSSR count). The summed E-state index contributed by atoms with van der Waals surface area (Å²) in [4.78, 5) is 0.0457. The Morgan fingerprint density at radius 1 is 0.574 bits per heavy atom. The normalized spacial score (nSPS) is 13.6. The number of halogens is 6. The van der Waals surface area contributed by atoms with Crippen molar-refractivity contribution in [3.63, 3.8) is 0 Å². The molecule has 47 heavy (non-hydrogen) atoms. The number of benzene rings is 3. The summed E-state index contributed by atoms with van der Waals surface area (Å²) in [5, 5.41) is -5.99. The van der Waals surface area contributed by atoms with Gasteiger partial charge in [-0.15, -0.1) is 0 Å². The SMILES string of the molecule is CCCCOc1ccc(S(OS(=O)(=O)C(F)(F)C(F)C(F)(F)F)(c2ccc(OCCCC)cc2)c2ccc(OCCCC)cc2)cc1. The molecule has 0 N–H and O–H groups in total. The second-order valence-electron chi connectivity index (χ2n) is 10.6. The molecule has 262 valence electrons. The molecule has 1 unspecified atom stereocenters. The monoisotopic (exact) mass is 710 g/mol. The van der Waals surface area contributed by atoms with Crippen molar-refractivity contribution in [1.29, 1.82) is 0 Å². The molecule has 0 aliphatic rings. The van der Waals surface area contributed by atoms with Crippen molar-refractivity contribution in [3.8, 4) is 17.2 Å². The fourth-order valence-corrected chi connectivity index (χ4v) is 9.35. The third-order valence-corrected chi connectivity index (χ3v) is 12.1. The van der Waals surface area contributed by atoms with E-state index < -0.39 is 38.0 Å². The molecule has 6 nitrogen and oxygen atoms in total. The average molecular weight is 711 g/mol. The van der Waals surface area contributed by atoms with Gasteiger partial charge in [-0.2, -0.15) is 30.4 Å². The van der Waals surface area contributed by atoms with Crippen molar-refractivity contribution in [2.24, 2.45) is 0 Å². The zero-order chi connectivity index (χ0) is 34.7. The van der Waals surface area contributed by atoms with E-state index in [4.69, 9.17) is 17.8 Å². The van der Waals surface area contributed by atoms with E-state index in [9.17, 15) is 26.0 Å². The Labute approximate surface area is 274 Å². The number of unbranched alkanes of at least 4 members (excludes halogenated alkanes) is 3. The van der Waals surface area contributed by atoms with Crippen molar-refractivity contribution in [2.75, 3.05) is 19.8 Å². The summed E-state index contributed by atoms with van der Waals surface area (Å²) < 4.78 is 133. The highest BCUT2D eigenvalue weighted by molar-refractivity contribution is 8.33. The van der Waals surface area contributed by atoms with Crippen molar-refractivity contribution >= 4 is 20.4 Å². The van der Waals surface area contributed by atoms with Gasteiger partial charge in [-0.05, 0) is 102 Å². The summed E-state index contributed by atoms with van der Waals surface area (Å²) in [6, 6.07) is 17.2. The lowest BCUT2D eigenvalue weighted by Crippen LogP contribution is -2.48. The van der Waals surface area contributed by atoms with E-state index in [-0.39, 0.29) is 14.7 Å². The van der Waals surface area contributed by atoms with Gasteiger partial charge in [-0.3, -0.25) is 0 Å². The number of rotatable bonds is 19. The van der Waals surface area contributed by atoms with Crippen LogP contribution in [-0.2, 0) is 13.7 Å². The van der Waals surface area contributed by atoms with Crippen molar-refractivity contribution in [1.82, 2.24) is 0 Å². The average Bonchev–Trinajstić information content (AvgIpc) is 3.04. The first-order chi connectivity index (χ1) is 22.2. The molecule has 0 aromatic heterocycles. The predicted octanol–water partition coefficient (Wildman–Crippen LogP) is 10.3. The van der Waals surface area contributed by atoms with E-state index >= 15 is 8.78 Å². The van der Waals surface area contributed by atoms with E-state index in [2.05, 4.69) is 0 Å². The molecule has 3 aromatic rings. The Hall–Kier alpha value is -3.10. The fourth-order valence-electron chi connectivity index (χ4n) is 4.21. The minimum atomic E-state index is -6.61. The molecule has 0 aliphatic heterocycles. The molecule has 0 fully saturated rings. The highest BCUT2D eigenvalue weighted by Gasteiger charge is 2.66. The minimum absolute atomic E-state index is 0.0152. The smallest absolute Gasteiger partial charge is 0.426 e. The van der Waals surface area contributed by atoms with Crippen LogP contribution in [0, 0.1) is 0 Å². The maximum Gasteiger partial charge on any atom is 0.426 e. The lowest BCUT2D eigenvalue weighted by Gasteiger charge is -2.40. The maximum atomic E-state index is 15.0. The van der Waals surface area contributed by atoms with Gasteiger partial charge in [0.05, 0.1) is 19.8 Å². The summed E-state index contributed by atoms with van der Waals surface area (Å²) >= 11 is 0. The molecule has 0 amide bonds. The third kappa shape index (κ3) is 9.50. The van der Waals surface area contributed by atoms with Gasteiger partial charge in [0.15, 0.2) is 0 Å². The van der Waals surface area contributed by atoms with Gasteiger partial charge in [0.2, 0.25) is 0 Å². The van der Waals surface area contributed by atoms with Gasteiger partial charge in [0.1, 0.15) is 17.2 Å². The molecule has 14 heteroatoms. The first kappa shape index (κ1) is 38.3. The Morgan fingerprint density at radius 2 is 0.872 bits per heavy atom. The zero-order valence-electron chi connectivity index (χ0n) is 26.4. The van der Waals surface area contributed by atoms with E-state index in [0.29, 0.717) is 37.1 Å². The molecule has 0 bridgehead atoms. The van der Waals surface area contributed by atoms with Gasteiger partial charge >= 0.3 is 21.5 Å². The Kier molecular flexibility index (Phi) is 13.7. The van der Waals surface area contributed by atoms with Gasteiger partial charge in [0, 0.05) is 14.7 Å². The van der Waals surface area contributed by atoms with Crippen LogP contribution in [-0.4, -0.2) is 45.8 Å². The highest BCUT2D eigenvalue weighted by Crippen LogP contribution is 2.71. The minimum Gasteiger partial charge on any atom is -0.494 e. The molecule has 1 atom stereocenters. The van der Waals surface area contributed by atoms with Crippen LogP contribution in [0.15, 0.2) is 87.5 Å². The molecule has 0 heterocycles. The third-order valence-electron chi connectivity index (χ3n) is 6.87. The molecule has 0 spiro atoms. The van der Waals surface area contributed by atoms with Crippen LogP contribution in [0.5, 0.6) is 17.2 Å². The predicted molar refractivity (Wildman–Crippen MR) is 169 cm³/mol. The van der Waals surface area contributed by atoms with E-state index in [1.807, 2.05) is 20.8 Å². The van der Waals surface area contributed by atoms with Crippen LogP contribution in [0.2, 0.25) is 0 Å². The largest absolute Gasteiger partial charge is 0.494 e. The van der Waals surface area contributed by atoms with Crippen LogP contribution in [0.1, 0.15) is 59.3 Å². The number of ether oxygens (including phenoxy) is 3. The van der Waals surface area contributed by atoms with Crippen LogP contribution >= 0.6 is 10.3 Å². The van der Waals surface area contributed by atoms with Crippen LogP contribution in [0.25, 0.3) is 0 Å². The topological polar surface area (TPSA) is 71.1 Å². The number of alkyl halides is 6. The molecule has 0 saturated carbocycles.